The number of nitriles is 1. The normalized spacial score (nSPS) is 12.5. The molecule has 188 valence electrons. The molecule has 0 amide bonds. The van der Waals surface area contributed by atoms with Gasteiger partial charge in [0.15, 0.2) is 0 Å². The van der Waals surface area contributed by atoms with Crippen LogP contribution in [0, 0.1) is 11.3 Å². The highest BCUT2D eigenvalue weighted by Crippen LogP contribution is 2.40. The van der Waals surface area contributed by atoms with Crippen molar-refractivity contribution >= 4 is 44.9 Å². The average Bonchev–Trinajstić information content (AvgIpc) is 3.38. The zero-order valence-electron chi connectivity index (χ0n) is 22.0. The number of aromatic nitrogens is 1. The van der Waals surface area contributed by atoms with Gasteiger partial charge in [0, 0.05) is 22.0 Å². The Kier molecular flexibility index (Phi) is 4.48. The predicted molar refractivity (Wildman–Crippen MR) is 168 cm³/mol. The predicted octanol–water partition coefficient (Wildman–Crippen LogP) is 6.92. The first-order chi connectivity index (χ1) is 20.3. The number of hydrogen-bond acceptors (Lipinski definition) is 2. The van der Waals surface area contributed by atoms with Gasteiger partial charge in [-0.25, -0.2) is 0 Å². The van der Waals surface area contributed by atoms with Gasteiger partial charge in [-0.3, -0.25) is 0 Å². The lowest BCUT2D eigenvalue weighted by atomic mass is 9.34. The number of hydrogen-bond donors (Lipinski definition) is 0. The summed E-state index contributed by atoms with van der Waals surface area (Å²) in [7, 11) is 0. The van der Waals surface area contributed by atoms with Gasteiger partial charge in [0.2, 0.25) is 0 Å². The Bertz CT molecular complexity index is 2240. The van der Waals surface area contributed by atoms with Crippen LogP contribution in [0.2, 0.25) is 0 Å². The van der Waals surface area contributed by atoms with E-state index in [1.807, 2.05) is 30.3 Å². The monoisotopic (exact) mass is 520 g/mol. The Morgan fingerprint density at radius 1 is 0.585 bits per heavy atom. The van der Waals surface area contributed by atoms with Gasteiger partial charge in [0.05, 0.1) is 17.1 Å². The van der Waals surface area contributed by atoms with Gasteiger partial charge in [0.1, 0.15) is 11.5 Å². The highest BCUT2D eigenvalue weighted by atomic mass is 16.5. The van der Waals surface area contributed by atoms with Crippen molar-refractivity contribution in [2.24, 2.45) is 0 Å². The van der Waals surface area contributed by atoms with Crippen LogP contribution in [0.25, 0.3) is 49.7 Å². The van der Waals surface area contributed by atoms with Crippen LogP contribution in [0.1, 0.15) is 5.56 Å². The van der Waals surface area contributed by atoms with Gasteiger partial charge in [-0.2, -0.15) is 5.26 Å². The van der Waals surface area contributed by atoms with Gasteiger partial charge in [-0.05, 0) is 75.0 Å². The first-order valence-electron chi connectivity index (χ1n) is 13.9. The Balaban J connectivity index is 1.37. The molecule has 1 aromatic heterocycles. The average molecular weight is 520 g/mol. The number of ether oxygens (including phenoxy) is 1. The van der Waals surface area contributed by atoms with Crippen molar-refractivity contribution in [1.29, 1.82) is 5.26 Å². The molecule has 0 unspecified atom stereocenters. The molecule has 0 radical (unpaired) electrons. The molecule has 41 heavy (non-hydrogen) atoms. The highest BCUT2D eigenvalue weighted by Gasteiger charge is 2.40. The van der Waals surface area contributed by atoms with Crippen LogP contribution in [-0.2, 0) is 0 Å². The summed E-state index contributed by atoms with van der Waals surface area (Å²) in [6.45, 7) is 0.0594. The maximum Gasteiger partial charge on any atom is 0.256 e. The third kappa shape index (κ3) is 3.09. The summed E-state index contributed by atoms with van der Waals surface area (Å²) >= 11 is 0. The van der Waals surface area contributed by atoms with E-state index < -0.39 is 0 Å². The lowest BCUT2D eigenvalue weighted by Gasteiger charge is -2.34. The molecular weight excluding hydrogens is 499 g/mol. The highest BCUT2D eigenvalue weighted by molar-refractivity contribution is 6.99. The molecule has 2 aliphatic rings. The summed E-state index contributed by atoms with van der Waals surface area (Å²) in [6.07, 6.45) is 0. The third-order valence-corrected chi connectivity index (χ3v) is 8.69. The van der Waals surface area contributed by atoms with Gasteiger partial charge in [0.25, 0.3) is 6.71 Å². The number of rotatable bonds is 2. The van der Waals surface area contributed by atoms with E-state index in [0.717, 1.165) is 33.9 Å². The molecule has 0 bridgehead atoms. The minimum Gasteiger partial charge on any atom is -0.458 e. The molecule has 3 nitrogen and oxygen atoms in total. The van der Waals surface area contributed by atoms with Crippen LogP contribution in [0.15, 0.2) is 127 Å². The van der Waals surface area contributed by atoms with Crippen LogP contribution in [0.3, 0.4) is 0 Å². The second-order valence-corrected chi connectivity index (χ2v) is 10.8. The van der Waals surface area contributed by atoms with E-state index in [2.05, 4.69) is 108 Å². The van der Waals surface area contributed by atoms with Crippen molar-refractivity contribution in [1.82, 2.24) is 4.57 Å². The van der Waals surface area contributed by atoms with Crippen molar-refractivity contribution in [2.75, 3.05) is 0 Å². The molecule has 0 N–H and O–H groups in total. The van der Waals surface area contributed by atoms with Gasteiger partial charge in [-0.1, -0.05) is 91.0 Å². The first-order valence-corrected chi connectivity index (χ1v) is 13.9. The zero-order valence-corrected chi connectivity index (χ0v) is 22.0. The number of fused-ring (bicyclic) bond motifs is 7. The first kappa shape index (κ1) is 22.3. The fourth-order valence-electron chi connectivity index (χ4n) is 6.87. The van der Waals surface area contributed by atoms with Crippen molar-refractivity contribution in [2.45, 2.75) is 0 Å². The Morgan fingerprint density at radius 3 is 2.17 bits per heavy atom. The molecule has 0 saturated heterocycles. The third-order valence-electron chi connectivity index (χ3n) is 8.69. The molecule has 6 aromatic carbocycles. The second kappa shape index (κ2) is 8.24. The summed E-state index contributed by atoms with van der Waals surface area (Å²) in [5.74, 6) is 1.78. The van der Waals surface area contributed by atoms with Crippen LogP contribution < -0.4 is 21.1 Å². The molecule has 0 aliphatic carbocycles. The van der Waals surface area contributed by atoms with Crippen LogP contribution in [-0.4, -0.2) is 11.3 Å². The van der Waals surface area contributed by atoms with E-state index in [1.165, 1.54) is 43.8 Å². The summed E-state index contributed by atoms with van der Waals surface area (Å²) in [5.41, 5.74) is 12.4. The Hall–Kier alpha value is -5.53. The van der Waals surface area contributed by atoms with E-state index >= 15 is 0 Å². The maximum absolute atomic E-state index is 9.36. The molecule has 0 spiro atoms. The van der Waals surface area contributed by atoms with Crippen molar-refractivity contribution in [3.63, 3.8) is 0 Å². The van der Waals surface area contributed by atoms with E-state index in [-0.39, 0.29) is 6.71 Å². The van der Waals surface area contributed by atoms with Crippen LogP contribution >= 0.6 is 0 Å². The molecular formula is C37H21BN2O. The molecule has 3 heterocycles. The largest absolute Gasteiger partial charge is 0.458 e. The van der Waals surface area contributed by atoms with Crippen molar-refractivity contribution < 1.29 is 4.74 Å². The van der Waals surface area contributed by atoms with E-state index in [1.54, 1.807) is 0 Å². The fraction of sp³-hybridized carbons (Fsp3) is 0. The van der Waals surface area contributed by atoms with Crippen molar-refractivity contribution in [3.05, 3.63) is 133 Å². The number of nitrogens with zero attached hydrogens (tertiary/aromatic N) is 2. The van der Waals surface area contributed by atoms with E-state index in [4.69, 9.17) is 4.74 Å². The van der Waals surface area contributed by atoms with Crippen LogP contribution in [0.4, 0.5) is 0 Å². The molecule has 4 heteroatoms. The smallest absolute Gasteiger partial charge is 0.256 e. The Labute approximate surface area is 237 Å². The summed E-state index contributed by atoms with van der Waals surface area (Å²) in [6, 6.07) is 47.0. The second-order valence-electron chi connectivity index (χ2n) is 10.8. The SMILES string of the molecule is N#Cc1ccc(-c2cc3c4c(c2)-n2c5ccccc5c5cccc(c52)B4c2ccc(-c4ccccc4)cc2O3)cc1. The number of benzene rings is 6. The van der Waals surface area contributed by atoms with Crippen LogP contribution in [0.5, 0.6) is 11.5 Å². The summed E-state index contributed by atoms with van der Waals surface area (Å²) < 4.78 is 9.25. The van der Waals surface area contributed by atoms with E-state index in [0.29, 0.717) is 5.56 Å². The van der Waals surface area contributed by atoms with E-state index in [9.17, 15) is 5.26 Å². The lowest BCUT2D eigenvalue weighted by molar-refractivity contribution is 0.487. The molecule has 9 rings (SSSR count). The van der Waals surface area contributed by atoms with Gasteiger partial charge >= 0.3 is 0 Å². The standard InChI is InChI=1S/C37H21BN2O/c39-22-23-13-15-25(16-14-23)27-19-33-36-35(21-27)41-34-20-26(24-7-2-1-3-8-24)17-18-30(34)38(36)31-11-6-10-29-28-9-4-5-12-32(28)40(33)37(29)31/h1-21H. The minimum absolute atomic E-state index is 0.0594. The molecule has 2 aliphatic heterocycles. The minimum atomic E-state index is 0.0594. The zero-order chi connectivity index (χ0) is 27.1. The summed E-state index contributed by atoms with van der Waals surface area (Å²) in [4.78, 5) is 0. The topological polar surface area (TPSA) is 38.0 Å². The Morgan fingerprint density at radius 2 is 1.32 bits per heavy atom. The van der Waals surface area contributed by atoms with Crippen molar-refractivity contribution in [3.8, 4) is 45.5 Å². The van der Waals surface area contributed by atoms with Gasteiger partial charge < -0.3 is 9.30 Å². The molecule has 0 saturated carbocycles. The molecule has 7 aromatic rings. The molecule has 0 atom stereocenters. The summed E-state index contributed by atoms with van der Waals surface area (Å²) in [5, 5.41) is 11.9. The van der Waals surface area contributed by atoms with Gasteiger partial charge in [-0.15, -0.1) is 0 Å². The quantitative estimate of drug-likeness (QED) is 0.232. The molecule has 0 fully saturated rings. The maximum atomic E-state index is 9.36. The lowest BCUT2D eigenvalue weighted by Crippen LogP contribution is -2.58. The number of para-hydroxylation sites is 2. The fourth-order valence-corrected chi connectivity index (χ4v) is 6.87.